The van der Waals surface area contributed by atoms with Gasteiger partial charge in [-0.05, 0) is 36.8 Å². The molecule has 0 fully saturated rings. The number of furan rings is 1. The Balaban J connectivity index is 2.27. The van der Waals surface area contributed by atoms with Crippen LogP contribution in [0.4, 0.5) is 4.39 Å². The minimum Gasteiger partial charge on any atom is -0.468 e. The third kappa shape index (κ3) is 3.06. The molecule has 2 rings (SSSR count). The second kappa shape index (κ2) is 5.74. The zero-order valence-electron chi connectivity index (χ0n) is 10.8. The zero-order valence-corrected chi connectivity index (χ0v) is 11.6. The Hall–Kier alpha value is -1.70. The van der Waals surface area contributed by atoms with Crippen molar-refractivity contribution >= 4 is 10.0 Å². The number of sulfonamides is 1. The molecule has 0 spiro atoms. The van der Waals surface area contributed by atoms with Gasteiger partial charge < -0.3 is 9.52 Å². The molecule has 0 bridgehead atoms. The van der Waals surface area contributed by atoms with Crippen molar-refractivity contribution in [2.24, 2.45) is 0 Å². The van der Waals surface area contributed by atoms with Crippen LogP contribution < -0.4 is 4.72 Å². The molecule has 2 aromatic rings. The van der Waals surface area contributed by atoms with Crippen molar-refractivity contribution in [3.05, 3.63) is 53.2 Å². The van der Waals surface area contributed by atoms with Crippen molar-refractivity contribution in [2.75, 3.05) is 0 Å². The number of aryl methyl sites for hydroxylation is 1. The van der Waals surface area contributed by atoms with Crippen LogP contribution in [0.5, 0.6) is 0 Å². The highest BCUT2D eigenvalue weighted by Gasteiger charge is 2.18. The maximum atomic E-state index is 13.6. The fraction of sp³-hybridized carbons (Fsp3) is 0.231. The van der Waals surface area contributed by atoms with Gasteiger partial charge >= 0.3 is 0 Å². The second-order valence-corrected chi connectivity index (χ2v) is 6.04. The van der Waals surface area contributed by atoms with Crippen molar-refractivity contribution in [3.63, 3.8) is 0 Å². The number of nitrogens with one attached hydrogen (secondary N) is 1. The van der Waals surface area contributed by atoms with Crippen LogP contribution in [0.3, 0.4) is 0 Å². The number of halogens is 1. The molecule has 0 aliphatic heterocycles. The predicted molar refractivity (Wildman–Crippen MR) is 69.8 cm³/mol. The van der Waals surface area contributed by atoms with Crippen LogP contribution in [0.2, 0.25) is 0 Å². The first kappa shape index (κ1) is 14.7. The van der Waals surface area contributed by atoms with Crippen LogP contribution in [0.25, 0.3) is 0 Å². The van der Waals surface area contributed by atoms with Crippen LogP contribution in [0, 0.1) is 12.7 Å². The average Bonchev–Trinajstić information content (AvgIpc) is 2.92. The van der Waals surface area contributed by atoms with Gasteiger partial charge in [-0.25, -0.2) is 17.5 Å². The van der Waals surface area contributed by atoms with Gasteiger partial charge in [-0.1, -0.05) is 0 Å². The Kier molecular flexibility index (Phi) is 4.22. The van der Waals surface area contributed by atoms with Crippen LogP contribution in [-0.2, 0) is 23.2 Å². The summed E-state index contributed by atoms with van der Waals surface area (Å²) >= 11 is 0. The second-order valence-electron chi connectivity index (χ2n) is 4.28. The normalized spacial score (nSPS) is 11.8. The summed E-state index contributed by atoms with van der Waals surface area (Å²) in [4.78, 5) is -0.0907. The number of hydrogen-bond donors (Lipinski definition) is 2. The summed E-state index contributed by atoms with van der Waals surface area (Å²) in [5.74, 6) is -0.132. The number of benzene rings is 1. The fourth-order valence-electron chi connectivity index (χ4n) is 1.74. The van der Waals surface area contributed by atoms with Gasteiger partial charge in [0.1, 0.15) is 11.6 Å². The van der Waals surface area contributed by atoms with Gasteiger partial charge in [0.15, 0.2) is 0 Å². The predicted octanol–water partition coefficient (Wildman–Crippen LogP) is 1.70. The standard InChI is InChI=1S/C13H14FNO4S/c1-9-5-12(6-10(8-16)13(9)14)20(17,18)15-7-11-3-2-4-19-11/h2-6,15-16H,7-8H2,1H3. The third-order valence-electron chi connectivity index (χ3n) is 2.80. The summed E-state index contributed by atoms with van der Waals surface area (Å²) in [6, 6.07) is 5.62. The molecule has 2 N–H and O–H groups in total. The van der Waals surface area contributed by atoms with Crippen molar-refractivity contribution in [3.8, 4) is 0 Å². The molecular formula is C13H14FNO4S. The molecule has 0 saturated heterocycles. The Labute approximate surface area is 116 Å². The van der Waals surface area contributed by atoms with Crippen LogP contribution >= 0.6 is 0 Å². The van der Waals surface area contributed by atoms with E-state index in [4.69, 9.17) is 9.52 Å². The Morgan fingerprint density at radius 3 is 2.75 bits per heavy atom. The fourth-order valence-corrected chi connectivity index (χ4v) is 2.87. The third-order valence-corrected chi connectivity index (χ3v) is 4.18. The van der Waals surface area contributed by atoms with E-state index in [0.717, 1.165) is 6.07 Å². The first-order chi connectivity index (χ1) is 9.44. The van der Waals surface area contributed by atoms with Crippen molar-refractivity contribution in [1.82, 2.24) is 4.72 Å². The molecule has 5 nitrogen and oxygen atoms in total. The minimum atomic E-state index is -3.80. The van der Waals surface area contributed by atoms with Crippen LogP contribution in [-0.4, -0.2) is 13.5 Å². The lowest BCUT2D eigenvalue weighted by molar-refractivity contribution is 0.275. The van der Waals surface area contributed by atoms with E-state index >= 15 is 0 Å². The molecule has 0 amide bonds. The maximum absolute atomic E-state index is 13.6. The monoisotopic (exact) mass is 299 g/mol. The van der Waals surface area contributed by atoms with E-state index in [-0.39, 0.29) is 22.6 Å². The number of hydrogen-bond acceptors (Lipinski definition) is 4. The molecule has 0 radical (unpaired) electrons. The van der Waals surface area contributed by atoms with E-state index in [9.17, 15) is 12.8 Å². The zero-order chi connectivity index (χ0) is 14.8. The quantitative estimate of drug-likeness (QED) is 0.880. The lowest BCUT2D eigenvalue weighted by Crippen LogP contribution is -2.23. The molecule has 1 aromatic heterocycles. The Bertz CT molecular complexity index is 695. The van der Waals surface area contributed by atoms with E-state index in [1.807, 2.05) is 0 Å². The van der Waals surface area contributed by atoms with Gasteiger partial charge in [0.25, 0.3) is 0 Å². The summed E-state index contributed by atoms with van der Waals surface area (Å²) < 4.78 is 45.2. The summed E-state index contributed by atoms with van der Waals surface area (Å²) in [6.45, 7) is 0.883. The number of rotatable bonds is 5. The molecule has 1 heterocycles. The van der Waals surface area contributed by atoms with Gasteiger partial charge in [0.2, 0.25) is 10.0 Å². The Morgan fingerprint density at radius 1 is 1.40 bits per heavy atom. The summed E-state index contributed by atoms with van der Waals surface area (Å²) in [7, 11) is -3.80. The molecule has 0 aliphatic carbocycles. The van der Waals surface area contributed by atoms with Gasteiger partial charge in [0, 0.05) is 5.56 Å². The molecule has 20 heavy (non-hydrogen) atoms. The smallest absolute Gasteiger partial charge is 0.241 e. The summed E-state index contributed by atoms with van der Waals surface area (Å²) in [5, 5.41) is 9.04. The minimum absolute atomic E-state index is 0.000214. The largest absolute Gasteiger partial charge is 0.468 e. The lowest BCUT2D eigenvalue weighted by atomic mass is 10.1. The average molecular weight is 299 g/mol. The van der Waals surface area contributed by atoms with Gasteiger partial charge in [0.05, 0.1) is 24.3 Å². The summed E-state index contributed by atoms with van der Waals surface area (Å²) in [6.07, 6.45) is 1.44. The molecule has 108 valence electrons. The molecule has 0 aliphatic rings. The maximum Gasteiger partial charge on any atom is 0.241 e. The SMILES string of the molecule is Cc1cc(S(=O)(=O)NCc2ccco2)cc(CO)c1F. The van der Waals surface area contributed by atoms with Crippen LogP contribution in [0.15, 0.2) is 39.8 Å². The molecule has 7 heteroatoms. The highest BCUT2D eigenvalue weighted by atomic mass is 32.2. The van der Waals surface area contributed by atoms with E-state index in [1.165, 1.54) is 19.3 Å². The van der Waals surface area contributed by atoms with E-state index < -0.39 is 22.4 Å². The van der Waals surface area contributed by atoms with E-state index in [2.05, 4.69) is 4.72 Å². The first-order valence-corrected chi connectivity index (χ1v) is 7.34. The van der Waals surface area contributed by atoms with E-state index in [0.29, 0.717) is 5.76 Å². The van der Waals surface area contributed by atoms with Gasteiger partial charge in [-0.15, -0.1) is 0 Å². The first-order valence-electron chi connectivity index (χ1n) is 5.86. The topological polar surface area (TPSA) is 79.5 Å². The molecule has 0 saturated carbocycles. The highest BCUT2D eigenvalue weighted by Crippen LogP contribution is 2.19. The molecule has 1 aromatic carbocycles. The van der Waals surface area contributed by atoms with Crippen molar-refractivity contribution in [1.29, 1.82) is 0 Å². The number of aliphatic hydroxyl groups is 1. The Morgan fingerprint density at radius 2 is 2.15 bits per heavy atom. The molecular weight excluding hydrogens is 285 g/mol. The number of aliphatic hydroxyl groups excluding tert-OH is 1. The van der Waals surface area contributed by atoms with Gasteiger partial charge in [-0.2, -0.15) is 0 Å². The highest BCUT2D eigenvalue weighted by molar-refractivity contribution is 7.89. The molecule has 0 atom stereocenters. The van der Waals surface area contributed by atoms with Crippen molar-refractivity contribution in [2.45, 2.75) is 25.0 Å². The van der Waals surface area contributed by atoms with Gasteiger partial charge in [-0.3, -0.25) is 0 Å². The van der Waals surface area contributed by atoms with Crippen molar-refractivity contribution < 1.29 is 22.3 Å². The van der Waals surface area contributed by atoms with Crippen LogP contribution in [0.1, 0.15) is 16.9 Å². The molecule has 0 unspecified atom stereocenters. The van der Waals surface area contributed by atoms with E-state index in [1.54, 1.807) is 12.1 Å². The lowest BCUT2D eigenvalue weighted by Gasteiger charge is -2.09. The summed E-state index contributed by atoms with van der Waals surface area (Å²) in [5.41, 5.74) is 0.110.